The van der Waals surface area contributed by atoms with Crippen LogP contribution in [0.3, 0.4) is 0 Å². The van der Waals surface area contributed by atoms with Gasteiger partial charge in [0.25, 0.3) is 0 Å². The van der Waals surface area contributed by atoms with Gasteiger partial charge in [-0.2, -0.15) is 5.26 Å². The highest BCUT2D eigenvalue weighted by Crippen LogP contribution is 2.26. The number of nitrogens with zero attached hydrogens (tertiary/aromatic N) is 2. The predicted molar refractivity (Wildman–Crippen MR) is 130 cm³/mol. The molecule has 0 unspecified atom stereocenters. The summed E-state index contributed by atoms with van der Waals surface area (Å²) in [6.07, 6.45) is 7.63. The molecule has 2 aromatic rings. The number of aliphatic hydroxyl groups excluding tert-OH is 1. The van der Waals surface area contributed by atoms with Crippen molar-refractivity contribution in [3.63, 3.8) is 0 Å². The maximum atomic E-state index is 11.8. The highest BCUT2D eigenvalue weighted by Gasteiger charge is 2.21. The van der Waals surface area contributed by atoms with Crippen LogP contribution in [0.15, 0.2) is 42.5 Å². The molecule has 7 nitrogen and oxygen atoms in total. The first kappa shape index (κ1) is 23.6. The fourth-order valence-corrected chi connectivity index (χ4v) is 4.32. The van der Waals surface area contributed by atoms with Crippen LogP contribution >= 0.6 is 0 Å². The van der Waals surface area contributed by atoms with Crippen molar-refractivity contribution in [2.75, 3.05) is 32.9 Å². The number of rotatable bonds is 6. The fourth-order valence-electron chi connectivity index (χ4n) is 4.32. The molecule has 2 N–H and O–H groups in total. The number of carbonyl (C=O) groups is 1. The van der Waals surface area contributed by atoms with Crippen LogP contribution < -0.4 is 15.3 Å². The van der Waals surface area contributed by atoms with Gasteiger partial charge in [0.2, 0.25) is 5.91 Å². The standard InChI is InChI=1S/C27H29N3O4/c1-3-4-23(19-5-6-26(21(13-19)15-28)34-22-8-11-33-12-9-22)24-14-25(29-18(24)2)20-7-10-30(16-20)27(32)17-31/h3-7,13-14,22,29,31H,2,8-12,16-17H2,1H3/b4-3-,24-23+. The Morgan fingerprint density at radius 3 is 2.88 bits per heavy atom. The quantitative estimate of drug-likeness (QED) is 0.687. The molecule has 1 saturated heterocycles. The summed E-state index contributed by atoms with van der Waals surface area (Å²) in [6, 6.07) is 9.98. The van der Waals surface area contributed by atoms with Crippen molar-refractivity contribution in [2.45, 2.75) is 25.9 Å². The van der Waals surface area contributed by atoms with E-state index in [-0.39, 0.29) is 12.0 Å². The molecule has 4 rings (SSSR count). The Hall–Kier alpha value is -3.60. The molecular weight excluding hydrogens is 430 g/mol. The molecule has 0 atom stereocenters. The van der Waals surface area contributed by atoms with Gasteiger partial charge in [-0.25, -0.2) is 0 Å². The van der Waals surface area contributed by atoms with E-state index < -0.39 is 6.61 Å². The minimum Gasteiger partial charge on any atom is -0.489 e. The molecule has 1 aromatic heterocycles. The molecule has 3 heterocycles. The van der Waals surface area contributed by atoms with Gasteiger partial charge in [-0.1, -0.05) is 30.9 Å². The minimum atomic E-state index is -0.494. The van der Waals surface area contributed by atoms with E-state index in [1.165, 1.54) is 0 Å². The Labute approximate surface area is 198 Å². The molecule has 0 spiro atoms. The van der Waals surface area contributed by atoms with Gasteiger partial charge in [-0.05, 0) is 41.8 Å². The number of nitrogens with one attached hydrogen (secondary N) is 1. The Morgan fingerprint density at radius 1 is 1.38 bits per heavy atom. The second-order valence-electron chi connectivity index (χ2n) is 8.40. The number of aliphatic hydroxyl groups is 1. The summed E-state index contributed by atoms with van der Waals surface area (Å²) in [6.45, 7) is 7.90. The van der Waals surface area contributed by atoms with E-state index >= 15 is 0 Å². The molecule has 7 heteroatoms. The van der Waals surface area contributed by atoms with E-state index in [2.05, 4.69) is 17.6 Å². The highest BCUT2D eigenvalue weighted by molar-refractivity contribution is 5.82. The maximum Gasteiger partial charge on any atom is 0.248 e. The second kappa shape index (κ2) is 10.6. The third-order valence-corrected chi connectivity index (χ3v) is 6.15. The molecule has 1 aromatic carbocycles. The average molecular weight is 460 g/mol. The van der Waals surface area contributed by atoms with Crippen LogP contribution in [-0.4, -0.2) is 59.9 Å². The molecule has 176 valence electrons. The highest BCUT2D eigenvalue weighted by atomic mass is 16.5. The van der Waals surface area contributed by atoms with E-state index in [1.54, 1.807) is 4.90 Å². The van der Waals surface area contributed by atoms with Gasteiger partial charge in [-0.3, -0.25) is 4.79 Å². The summed E-state index contributed by atoms with van der Waals surface area (Å²) in [7, 11) is 0. The largest absolute Gasteiger partial charge is 0.489 e. The van der Waals surface area contributed by atoms with Gasteiger partial charge in [0, 0.05) is 42.2 Å². The summed E-state index contributed by atoms with van der Waals surface area (Å²) >= 11 is 0. The zero-order chi connectivity index (χ0) is 24.1. The van der Waals surface area contributed by atoms with E-state index in [0.29, 0.717) is 37.6 Å². The molecule has 0 radical (unpaired) electrons. The number of H-pyrrole nitrogens is 1. The third-order valence-electron chi connectivity index (χ3n) is 6.15. The lowest BCUT2D eigenvalue weighted by Gasteiger charge is -2.24. The number of benzene rings is 1. The van der Waals surface area contributed by atoms with Gasteiger partial charge in [0.1, 0.15) is 24.5 Å². The molecule has 0 aliphatic carbocycles. The second-order valence-corrected chi connectivity index (χ2v) is 8.40. The Morgan fingerprint density at radius 2 is 2.18 bits per heavy atom. The normalized spacial score (nSPS) is 17.6. The zero-order valence-corrected chi connectivity index (χ0v) is 19.3. The number of hydrogen-bond donors (Lipinski definition) is 2. The summed E-state index contributed by atoms with van der Waals surface area (Å²) in [4.78, 5) is 16.8. The molecule has 0 saturated carbocycles. The van der Waals surface area contributed by atoms with E-state index in [9.17, 15) is 10.1 Å². The molecule has 0 bridgehead atoms. The van der Waals surface area contributed by atoms with Crippen molar-refractivity contribution in [1.29, 1.82) is 5.26 Å². The first-order valence-corrected chi connectivity index (χ1v) is 11.5. The minimum absolute atomic E-state index is 0.0568. The topological polar surface area (TPSA) is 98.6 Å². The van der Waals surface area contributed by atoms with E-state index in [1.807, 2.05) is 49.4 Å². The first-order valence-electron chi connectivity index (χ1n) is 11.5. The number of hydrogen-bond acceptors (Lipinski definition) is 5. The third kappa shape index (κ3) is 4.98. The number of allylic oxidation sites excluding steroid dienone is 2. The van der Waals surface area contributed by atoms with Crippen LogP contribution in [0.1, 0.15) is 36.6 Å². The van der Waals surface area contributed by atoms with Crippen molar-refractivity contribution in [3.8, 4) is 11.8 Å². The Kier molecular flexibility index (Phi) is 7.31. The number of nitriles is 1. The molecule has 1 fully saturated rings. The Balaban J connectivity index is 1.68. The number of amides is 1. The first-order chi connectivity index (χ1) is 16.5. The van der Waals surface area contributed by atoms with E-state index in [0.717, 1.165) is 45.8 Å². The molecule has 2 aliphatic heterocycles. The van der Waals surface area contributed by atoms with Gasteiger partial charge in [-0.15, -0.1) is 0 Å². The maximum absolute atomic E-state index is 11.8. The molecule has 34 heavy (non-hydrogen) atoms. The van der Waals surface area contributed by atoms with Crippen LogP contribution in [0.5, 0.6) is 5.75 Å². The van der Waals surface area contributed by atoms with Crippen molar-refractivity contribution >= 4 is 23.6 Å². The number of aromatic nitrogens is 1. The molecule has 1 amide bonds. The number of carbonyl (C=O) groups excluding carboxylic acids is 1. The van der Waals surface area contributed by atoms with Crippen molar-refractivity contribution < 1.29 is 19.4 Å². The average Bonchev–Trinajstić information content (AvgIpc) is 3.50. The van der Waals surface area contributed by atoms with Gasteiger partial charge < -0.3 is 24.5 Å². The lowest BCUT2D eigenvalue weighted by Crippen LogP contribution is -2.31. The van der Waals surface area contributed by atoms with Crippen LogP contribution in [0.2, 0.25) is 0 Å². The van der Waals surface area contributed by atoms with Crippen LogP contribution in [0.4, 0.5) is 0 Å². The molecule has 2 aliphatic rings. The van der Waals surface area contributed by atoms with Gasteiger partial charge in [0.05, 0.1) is 18.8 Å². The van der Waals surface area contributed by atoms with Crippen molar-refractivity contribution in [3.05, 3.63) is 69.9 Å². The predicted octanol–water partition coefficient (Wildman–Crippen LogP) is 1.85. The summed E-state index contributed by atoms with van der Waals surface area (Å²) < 4.78 is 11.5. The van der Waals surface area contributed by atoms with Gasteiger partial charge >= 0.3 is 0 Å². The lowest BCUT2D eigenvalue weighted by atomic mass is 10.00. The van der Waals surface area contributed by atoms with Crippen molar-refractivity contribution in [2.24, 2.45) is 0 Å². The van der Waals surface area contributed by atoms with Crippen LogP contribution in [-0.2, 0) is 9.53 Å². The summed E-state index contributed by atoms with van der Waals surface area (Å²) in [5.74, 6) is 0.300. The summed E-state index contributed by atoms with van der Waals surface area (Å²) in [5.41, 5.74) is 4.18. The van der Waals surface area contributed by atoms with E-state index in [4.69, 9.17) is 14.6 Å². The number of aromatic amines is 1. The molecular formula is C27H29N3O4. The van der Waals surface area contributed by atoms with Gasteiger partial charge in [0.15, 0.2) is 0 Å². The summed E-state index contributed by atoms with van der Waals surface area (Å²) in [5, 5.41) is 20.6. The van der Waals surface area contributed by atoms with Crippen molar-refractivity contribution in [1.82, 2.24) is 9.88 Å². The Bertz CT molecular complexity index is 1280. The number of ether oxygens (including phenoxy) is 2. The SMILES string of the molecule is C=c1[nH]c(C2=CCN(C(=O)CO)C2)c/c1=C(/C=C\C)c1ccc(OC2CCOCC2)c(C#N)c1. The zero-order valence-electron chi connectivity index (χ0n) is 19.3. The smallest absolute Gasteiger partial charge is 0.248 e. The van der Waals surface area contributed by atoms with Crippen LogP contribution in [0.25, 0.3) is 17.7 Å². The monoisotopic (exact) mass is 459 g/mol. The fraction of sp³-hybridized carbons (Fsp3) is 0.333. The lowest BCUT2D eigenvalue weighted by molar-refractivity contribution is -0.132. The van der Waals surface area contributed by atoms with Crippen LogP contribution in [0, 0.1) is 11.3 Å².